The Morgan fingerprint density at radius 1 is 1.14 bits per heavy atom. The maximum absolute atomic E-state index is 14.4. The number of anilines is 2. The fourth-order valence-electron chi connectivity index (χ4n) is 3.48. The van der Waals surface area contributed by atoms with Gasteiger partial charge in [-0.25, -0.2) is 13.6 Å². The lowest BCUT2D eigenvalue weighted by Crippen LogP contribution is -2.37. The minimum Gasteiger partial charge on any atom is -0.369 e. The van der Waals surface area contributed by atoms with E-state index >= 15 is 0 Å². The van der Waals surface area contributed by atoms with Gasteiger partial charge in [0.15, 0.2) is 0 Å². The van der Waals surface area contributed by atoms with E-state index in [2.05, 4.69) is 10.6 Å². The van der Waals surface area contributed by atoms with Crippen molar-refractivity contribution in [1.82, 2.24) is 10.2 Å². The number of urea groups is 1. The second kappa shape index (κ2) is 9.01. The van der Waals surface area contributed by atoms with Gasteiger partial charge in [-0.05, 0) is 62.8 Å². The van der Waals surface area contributed by atoms with Gasteiger partial charge in [-0.3, -0.25) is 0 Å². The molecule has 0 radical (unpaired) electrons. The first kappa shape index (κ1) is 20.1. The minimum absolute atomic E-state index is 0.185. The molecular weight excluding hydrogens is 362 g/mol. The fraction of sp³-hybridized carbons (Fsp3) is 0.381. The highest BCUT2D eigenvalue weighted by molar-refractivity contribution is 5.89. The van der Waals surface area contributed by atoms with Crippen LogP contribution in [0.4, 0.5) is 25.0 Å². The van der Waals surface area contributed by atoms with Crippen LogP contribution < -0.4 is 15.5 Å². The zero-order valence-electron chi connectivity index (χ0n) is 16.2. The van der Waals surface area contributed by atoms with Crippen LogP contribution in [0.15, 0.2) is 42.5 Å². The van der Waals surface area contributed by atoms with Crippen LogP contribution in [-0.4, -0.2) is 44.7 Å². The fourth-order valence-corrected chi connectivity index (χ4v) is 3.48. The number of carbonyl (C=O) groups excluding carboxylic acids is 1. The number of carbonyl (C=O) groups is 1. The highest BCUT2D eigenvalue weighted by atomic mass is 19.1. The highest BCUT2D eigenvalue weighted by Gasteiger charge is 2.18. The first-order valence-electron chi connectivity index (χ1n) is 9.45. The molecule has 1 unspecified atom stereocenters. The molecule has 0 aliphatic carbocycles. The summed E-state index contributed by atoms with van der Waals surface area (Å²) in [6.45, 7) is 2.00. The van der Waals surface area contributed by atoms with E-state index < -0.39 is 6.03 Å². The van der Waals surface area contributed by atoms with Crippen molar-refractivity contribution >= 4 is 17.4 Å². The topological polar surface area (TPSA) is 47.6 Å². The number of halogens is 2. The number of amides is 2. The van der Waals surface area contributed by atoms with Crippen LogP contribution in [0, 0.1) is 11.6 Å². The van der Waals surface area contributed by atoms with Crippen LogP contribution in [0.2, 0.25) is 0 Å². The Morgan fingerprint density at radius 2 is 1.89 bits per heavy atom. The van der Waals surface area contributed by atoms with Crippen molar-refractivity contribution < 1.29 is 13.6 Å². The van der Waals surface area contributed by atoms with Crippen LogP contribution in [-0.2, 0) is 0 Å². The molecule has 0 bridgehead atoms. The molecule has 2 amide bonds. The predicted octanol–water partition coefficient (Wildman–Crippen LogP) is 3.99. The Bertz CT molecular complexity index is 822. The summed E-state index contributed by atoms with van der Waals surface area (Å²) in [5, 5.41) is 5.43. The van der Waals surface area contributed by atoms with E-state index in [0.717, 1.165) is 31.5 Å². The molecule has 150 valence electrons. The molecule has 1 aliphatic heterocycles. The third-order valence-electron chi connectivity index (χ3n) is 4.97. The van der Waals surface area contributed by atoms with Crippen LogP contribution in [0.3, 0.4) is 0 Å². The number of nitrogens with one attached hydrogen (secondary N) is 2. The lowest BCUT2D eigenvalue weighted by molar-refractivity contribution is 0.243. The highest BCUT2D eigenvalue weighted by Crippen LogP contribution is 2.26. The molecule has 0 spiro atoms. The molecule has 0 saturated carbocycles. The lowest BCUT2D eigenvalue weighted by atomic mass is 10.1. The zero-order chi connectivity index (χ0) is 20.1. The van der Waals surface area contributed by atoms with Crippen molar-refractivity contribution in [2.75, 3.05) is 43.9 Å². The summed E-state index contributed by atoms with van der Waals surface area (Å²) in [7, 11) is 3.73. The molecule has 1 atom stereocenters. The van der Waals surface area contributed by atoms with E-state index in [1.165, 1.54) is 18.2 Å². The normalized spacial score (nSPS) is 15.0. The van der Waals surface area contributed by atoms with E-state index in [1.807, 2.05) is 30.0 Å². The van der Waals surface area contributed by atoms with Gasteiger partial charge in [-0.2, -0.15) is 0 Å². The third-order valence-corrected chi connectivity index (χ3v) is 4.97. The average Bonchev–Trinajstić information content (AvgIpc) is 3.16. The van der Waals surface area contributed by atoms with Crippen molar-refractivity contribution in [2.45, 2.75) is 18.9 Å². The summed E-state index contributed by atoms with van der Waals surface area (Å²) >= 11 is 0. The van der Waals surface area contributed by atoms with E-state index in [1.54, 1.807) is 18.2 Å². The number of benzene rings is 2. The van der Waals surface area contributed by atoms with Gasteiger partial charge in [0.1, 0.15) is 11.6 Å². The number of hydrogen-bond donors (Lipinski definition) is 2. The Hall–Kier alpha value is -2.67. The van der Waals surface area contributed by atoms with E-state index in [4.69, 9.17) is 0 Å². The second-order valence-corrected chi connectivity index (χ2v) is 7.23. The average molecular weight is 388 g/mol. The zero-order valence-corrected chi connectivity index (χ0v) is 16.2. The Kier molecular flexibility index (Phi) is 6.46. The van der Waals surface area contributed by atoms with Crippen LogP contribution in [0.5, 0.6) is 0 Å². The molecular formula is C21H26F2N4O. The summed E-state index contributed by atoms with van der Waals surface area (Å²) in [6, 6.07) is 10.4. The maximum atomic E-state index is 14.4. The van der Waals surface area contributed by atoms with Gasteiger partial charge in [0.05, 0.1) is 11.7 Å². The molecule has 2 aromatic rings. The Balaban J connectivity index is 1.59. The van der Waals surface area contributed by atoms with Crippen LogP contribution >= 0.6 is 0 Å². The number of hydrogen-bond acceptors (Lipinski definition) is 3. The van der Waals surface area contributed by atoms with Gasteiger partial charge >= 0.3 is 6.03 Å². The smallest absolute Gasteiger partial charge is 0.319 e. The SMILES string of the molecule is CN(C)C(CNC(=O)Nc1ccc(N2CCCC2)c(F)c1)c1cccc(F)c1. The third kappa shape index (κ3) is 4.98. The van der Waals surface area contributed by atoms with Crippen LogP contribution in [0.25, 0.3) is 0 Å². The Morgan fingerprint density at radius 3 is 2.54 bits per heavy atom. The van der Waals surface area contributed by atoms with Crippen molar-refractivity contribution in [2.24, 2.45) is 0 Å². The molecule has 2 aromatic carbocycles. The van der Waals surface area contributed by atoms with E-state index in [-0.39, 0.29) is 24.2 Å². The Labute approximate surface area is 164 Å². The predicted molar refractivity (Wildman–Crippen MR) is 108 cm³/mol. The van der Waals surface area contributed by atoms with E-state index in [0.29, 0.717) is 11.4 Å². The summed E-state index contributed by atoms with van der Waals surface area (Å²) in [5.41, 5.74) is 1.73. The molecule has 1 heterocycles. The molecule has 7 heteroatoms. The van der Waals surface area contributed by atoms with Crippen LogP contribution in [0.1, 0.15) is 24.4 Å². The standard InChI is InChI=1S/C21H26F2N4O/c1-26(2)20(15-6-5-7-16(22)12-15)14-24-21(28)25-17-8-9-19(18(23)13-17)27-10-3-4-11-27/h5-9,12-13,20H,3-4,10-11,14H2,1-2H3,(H2,24,25,28). The summed E-state index contributed by atoms with van der Waals surface area (Å²) in [6.07, 6.45) is 2.14. The first-order chi connectivity index (χ1) is 13.4. The minimum atomic E-state index is -0.434. The van der Waals surface area contributed by atoms with Gasteiger partial charge in [0.25, 0.3) is 0 Å². The number of rotatable bonds is 6. The van der Waals surface area contributed by atoms with Crippen molar-refractivity contribution in [3.8, 4) is 0 Å². The van der Waals surface area contributed by atoms with Crippen molar-refractivity contribution in [3.05, 3.63) is 59.7 Å². The molecule has 28 heavy (non-hydrogen) atoms. The quantitative estimate of drug-likeness (QED) is 0.787. The number of likely N-dealkylation sites (N-methyl/N-ethyl adjacent to an activating group) is 1. The maximum Gasteiger partial charge on any atom is 0.319 e. The largest absolute Gasteiger partial charge is 0.369 e. The summed E-state index contributed by atoms with van der Waals surface area (Å²) in [5.74, 6) is -0.659. The number of nitrogens with zero attached hydrogens (tertiary/aromatic N) is 2. The molecule has 0 aromatic heterocycles. The van der Waals surface area contributed by atoms with Crippen molar-refractivity contribution in [1.29, 1.82) is 0 Å². The van der Waals surface area contributed by atoms with Crippen molar-refractivity contribution in [3.63, 3.8) is 0 Å². The first-order valence-corrected chi connectivity index (χ1v) is 9.45. The summed E-state index contributed by atoms with van der Waals surface area (Å²) < 4.78 is 27.9. The molecule has 1 aliphatic rings. The van der Waals surface area contributed by atoms with Gasteiger partial charge in [-0.1, -0.05) is 12.1 Å². The molecule has 1 saturated heterocycles. The molecule has 1 fully saturated rings. The second-order valence-electron chi connectivity index (χ2n) is 7.23. The van der Waals surface area contributed by atoms with Gasteiger partial charge < -0.3 is 20.4 Å². The molecule has 3 rings (SSSR count). The lowest BCUT2D eigenvalue weighted by Gasteiger charge is -2.25. The molecule has 5 nitrogen and oxygen atoms in total. The monoisotopic (exact) mass is 388 g/mol. The van der Waals surface area contributed by atoms with Gasteiger partial charge in [-0.15, -0.1) is 0 Å². The molecule has 2 N–H and O–H groups in total. The van der Waals surface area contributed by atoms with Gasteiger partial charge in [0, 0.05) is 25.3 Å². The van der Waals surface area contributed by atoms with Gasteiger partial charge in [0.2, 0.25) is 0 Å². The van der Waals surface area contributed by atoms with E-state index in [9.17, 15) is 13.6 Å². The summed E-state index contributed by atoms with van der Waals surface area (Å²) in [4.78, 5) is 16.2.